The Labute approximate surface area is 119 Å². The lowest BCUT2D eigenvalue weighted by atomic mass is 10.1. The first-order valence-electron chi connectivity index (χ1n) is 7.40. The highest BCUT2D eigenvalue weighted by atomic mass is 16.5. The number of likely N-dealkylation sites (N-methyl/N-ethyl adjacent to an activating group) is 1. The summed E-state index contributed by atoms with van der Waals surface area (Å²) in [5, 5.41) is 0. The largest absolute Gasteiger partial charge is 0.476 e. The van der Waals surface area contributed by atoms with Crippen molar-refractivity contribution in [1.82, 2.24) is 14.9 Å². The predicted octanol–water partition coefficient (Wildman–Crippen LogP) is 1.13. The summed E-state index contributed by atoms with van der Waals surface area (Å²) in [5.74, 6) is 1.32. The van der Waals surface area contributed by atoms with Crippen molar-refractivity contribution in [1.29, 1.82) is 0 Å². The molecule has 6 nitrogen and oxygen atoms in total. The summed E-state index contributed by atoms with van der Waals surface area (Å²) >= 11 is 0. The fourth-order valence-electron chi connectivity index (χ4n) is 3.38. The number of nitrogens with zero attached hydrogens (tertiary/aromatic N) is 4. The van der Waals surface area contributed by atoms with E-state index in [1.807, 2.05) is 6.92 Å². The number of anilines is 2. The van der Waals surface area contributed by atoms with Gasteiger partial charge in [0, 0.05) is 25.2 Å². The Morgan fingerprint density at radius 3 is 2.90 bits per heavy atom. The number of fused-ring (bicyclic) bond motifs is 2. The van der Waals surface area contributed by atoms with Crippen LogP contribution in [0.15, 0.2) is 6.33 Å². The first-order valence-corrected chi connectivity index (χ1v) is 7.40. The summed E-state index contributed by atoms with van der Waals surface area (Å²) in [6.45, 7) is 4.48. The van der Waals surface area contributed by atoms with E-state index in [2.05, 4.69) is 26.8 Å². The molecule has 2 N–H and O–H groups in total. The van der Waals surface area contributed by atoms with Crippen LogP contribution in [0.4, 0.5) is 11.5 Å². The van der Waals surface area contributed by atoms with Crippen molar-refractivity contribution in [2.75, 3.05) is 37.4 Å². The van der Waals surface area contributed by atoms with Crippen molar-refractivity contribution in [3.05, 3.63) is 6.33 Å². The minimum Gasteiger partial charge on any atom is -0.476 e. The van der Waals surface area contributed by atoms with Gasteiger partial charge in [-0.25, -0.2) is 4.98 Å². The lowest BCUT2D eigenvalue weighted by molar-refractivity contribution is 0.254. The van der Waals surface area contributed by atoms with Crippen LogP contribution in [-0.2, 0) is 0 Å². The molecule has 2 aliphatic heterocycles. The zero-order valence-electron chi connectivity index (χ0n) is 12.2. The van der Waals surface area contributed by atoms with Crippen molar-refractivity contribution >= 4 is 11.5 Å². The van der Waals surface area contributed by atoms with E-state index in [1.54, 1.807) is 6.33 Å². The third-order valence-corrected chi connectivity index (χ3v) is 4.56. The number of ether oxygens (including phenoxy) is 1. The number of nitrogens with two attached hydrogens (primary N) is 1. The van der Waals surface area contributed by atoms with Gasteiger partial charge >= 0.3 is 0 Å². The molecule has 0 radical (unpaired) electrons. The van der Waals surface area contributed by atoms with Gasteiger partial charge in [-0.3, -0.25) is 4.90 Å². The van der Waals surface area contributed by atoms with Crippen LogP contribution in [0.5, 0.6) is 5.88 Å². The lowest BCUT2D eigenvalue weighted by Gasteiger charge is -2.27. The van der Waals surface area contributed by atoms with E-state index < -0.39 is 0 Å². The number of hydrogen-bond donors (Lipinski definition) is 1. The first-order chi connectivity index (χ1) is 9.70. The minimum absolute atomic E-state index is 0.500. The molecule has 2 bridgehead atoms. The van der Waals surface area contributed by atoms with E-state index in [0.717, 1.165) is 18.9 Å². The van der Waals surface area contributed by atoms with Crippen molar-refractivity contribution in [3.63, 3.8) is 0 Å². The van der Waals surface area contributed by atoms with Gasteiger partial charge in [-0.15, -0.1) is 0 Å². The van der Waals surface area contributed by atoms with Gasteiger partial charge in [0.25, 0.3) is 0 Å². The molecule has 0 amide bonds. The topological polar surface area (TPSA) is 67.5 Å². The molecular formula is C14H23N5O. The Balaban J connectivity index is 1.84. The van der Waals surface area contributed by atoms with Crippen molar-refractivity contribution in [2.45, 2.75) is 38.3 Å². The highest BCUT2D eigenvalue weighted by molar-refractivity contribution is 5.67. The molecule has 2 aliphatic rings. The summed E-state index contributed by atoms with van der Waals surface area (Å²) in [6, 6.07) is 1.31. The van der Waals surface area contributed by atoms with Gasteiger partial charge in [0.2, 0.25) is 5.88 Å². The molecular weight excluding hydrogens is 254 g/mol. The van der Waals surface area contributed by atoms with Gasteiger partial charge in [-0.05, 0) is 33.2 Å². The summed E-state index contributed by atoms with van der Waals surface area (Å²) < 4.78 is 5.47. The minimum atomic E-state index is 0.500. The van der Waals surface area contributed by atoms with E-state index in [0.29, 0.717) is 30.3 Å². The maximum absolute atomic E-state index is 6.18. The molecule has 3 rings (SSSR count). The van der Waals surface area contributed by atoms with Gasteiger partial charge < -0.3 is 15.4 Å². The monoisotopic (exact) mass is 277 g/mol. The Morgan fingerprint density at radius 2 is 2.10 bits per heavy atom. The second kappa shape index (κ2) is 5.44. The van der Waals surface area contributed by atoms with Crippen LogP contribution >= 0.6 is 0 Å². The number of nitrogen functional groups attached to an aromatic ring is 1. The first kappa shape index (κ1) is 13.4. The summed E-state index contributed by atoms with van der Waals surface area (Å²) in [7, 11) is 2.24. The van der Waals surface area contributed by atoms with Crippen LogP contribution in [0, 0.1) is 0 Å². The predicted molar refractivity (Wildman–Crippen MR) is 79.0 cm³/mol. The maximum atomic E-state index is 6.18. The second-order valence-corrected chi connectivity index (χ2v) is 5.63. The van der Waals surface area contributed by atoms with E-state index in [4.69, 9.17) is 10.5 Å². The van der Waals surface area contributed by atoms with Crippen LogP contribution in [0.1, 0.15) is 26.2 Å². The summed E-state index contributed by atoms with van der Waals surface area (Å²) in [4.78, 5) is 13.3. The smallest absolute Gasteiger partial charge is 0.242 e. The molecule has 2 unspecified atom stereocenters. The maximum Gasteiger partial charge on any atom is 0.242 e. The Bertz CT molecular complexity index is 481. The van der Waals surface area contributed by atoms with Crippen LogP contribution < -0.4 is 15.4 Å². The van der Waals surface area contributed by atoms with Gasteiger partial charge in [-0.1, -0.05) is 0 Å². The quantitative estimate of drug-likeness (QED) is 0.893. The zero-order valence-corrected chi connectivity index (χ0v) is 12.2. The molecule has 2 atom stereocenters. The molecule has 2 fully saturated rings. The molecule has 3 heterocycles. The van der Waals surface area contributed by atoms with E-state index in [9.17, 15) is 0 Å². The van der Waals surface area contributed by atoms with E-state index >= 15 is 0 Å². The fraction of sp³-hybridized carbons (Fsp3) is 0.714. The molecule has 0 aliphatic carbocycles. The second-order valence-electron chi connectivity index (χ2n) is 5.63. The molecule has 20 heavy (non-hydrogen) atoms. The van der Waals surface area contributed by atoms with Crippen LogP contribution in [-0.4, -0.2) is 53.7 Å². The van der Waals surface area contributed by atoms with Gasteiger partial charge in [-0.2, -0.15) is 4.98 Å². The van der Waals surface area contributed by atoms with E-state index in [-0.39, 0.29) is 0 Å². The van der Waals surface area contributed by atoms with Gasteiger partial charge in [0.1, 0.15) is 12.0 Å². The van der Waals surface area contributed by atoms with E-state index in [1.165, 1.54) is 19.3 Å². The molecule has 2 saturated heterocycles. The average Bonchev–Trinajstić information content (AvgIpc) is 2.67. The lowest BCUT2D eigenvalue weighted by Crippen LogP contribution is -2.37. The highest BCUT2D eigenvalue weighted by Crippen LogP contribution is 2.33. The third-order valence-electron chi connectivity index (χ3n) is 4.56. The SMILES string of the molecule is CCOc1ncnc(N2CCC3CCC(C2)N3C)c1N. The summed E-state index contributed by atoms with van der Waals surface area (Å²) in [6.07, 6.45) is 5.30. The van der Waals surface area contributed by atoms with Crippen molar-refractivity contribution in [2.24, 2.45) is 0 Å². The van der Waals surface area contributed by atoms with Crippen LogP contribution in [0.3, 0.4) is 0 Å². The highest BCUT2D eigenvalue weighted by Gasteiger charge is 2.35. The molecule has 1 aromatic rings. The van der Waals surface area contributed by atoms with Gasteiger partial charge in [0.15, 0.2) is 5.82 Å². The Hall–Kier alpha value is -1.56. The molecule has 110 valence electrons. The normalized spacial score (nSPS) is 26.6. The standard InChI is InChI=1S/C14H23N5O/c1-3-20-14-12(15)13(16-9-17-14)19-7-6-10-4-5-11(8-19)18(10)2/h9-11H,3-8,15H2,1-2H3. The molecule has 6 heteroatoms. The molecule has 1 aromatic heterocycles. The number of aromatic nitrogens is 2. The molecule has 0 aromatic carbocycles. The third kappa shape index (κ3) is 2.28. The number of hydrogen-bond acceptors (Lipinski definition) is 6. The number of rotatable bonds is 3. The summed E-state index contributed by atoms with van der Waals surface area (Å²) in [5.41, 5.74) is 6.74. The van der Waals surface area contributed by atoms with Crippen LogP contribution in [0.25, 0.3) is 0 Å². The fourth-order valence-corrected chi connectivity index (χ4v) is 3.38. The van der Waals surface area contributed by atoms with Gasteiger partial charge in [0.05, 0.1) is 6.61 Å². The Morgan fingerprint density at radius 1 is 1.30 bits per heavy atom. The van der Waals surface area contributed by atoms with Crippen LogP contribution in [0.2, 0.25) is 0 Å². The Kier molecular flexibility index (Phi) is 3.65. The van der Waals surface area contributed by atoms with Crippen molar-refractivity contribution in [3.8, 4) is 5.88 Å². The molecule has 0 spiro atoms. The molecule has 0 saturated carbocycles. The van der Waals surface area contributed by atoms with Crippen molar-refractivity contribution < 1.29 is 4.74 Å². The zero-order chi connectivity index (χ0) is 14.1. The average molecular weight is 277 g/mol.